The van der Waals surface area contributed by atoms with E-state index in [9.17, 15) is 20.2 Å². The lowest BCUT2D eigenvalue weighted by atomic mass is 10.2. The highest BCUT2D eigenvalue weighted by molar-refractivity contribution is 6.33. The van der Waals surface area contributed by atoms with E-state index in [0.717, 1.165) is 0 Å². The lowest BCUT2D eigenvalue weighted by molar-refractivity contribution is -0.384. The van der Waals surface area contributed by atoms with E-state index in [1.807, 2.05) is 0 Å². The summed E-state index contributed by atoms with van der Waals surface area (Å²) in [6.45, 7) is 0.849. The molecule has 0 aliphatic rings. The molecule has 0 aromatic heterocycles. The van der Waals surface area contributed by atoms with E-state index < -0.39 is 9.85 Å². The van der Waals surface area contributed by atoms with Crippen LogP contribution in [0.5, 0.6) is 0 Å². The van der Waals surface area contributed by atoms with Crippen LogP contribution in [0, 0.1) is 20.2 Å². The van der Waals surface area contributed by atoms with Crippen LogP contribution in [0.4, 0.5) is 22.7 Å². The first-order valence-corrected chi connectivity index (χ1v) is 7.02. The van der Waals surface area contributed by atoms with E-state index >= 15 is 0 Å². The Morgan fingerprint density at radius 3 is 2.17 bits per heavy atom. The summed E-state index contributed by atoms with van der Waals surface area (Å²) in [6.07, 6.45) is 0. The molecule has 0 aliphatic heterocycles. The van der Waals surface area contributed by atoms with Crippen molar-refractivity contribution in [2.45, 2.75) is 0 Å². The van der Waals surface area contributed by atoms with Crippen molar-refractivity contribution in [1.82, 2.24) is 0 Å². The van der Waals surface area contributed by atoms with Crippen molar-refractivity contribution in [2.24, 2.45) is 0 Å². The molecule has 0 unspecified atom stereocenters. The third kappa shape index (κ3) is 4.30. The molecule has 0 bridgehead atoms. The standard InChI is InChI=1S/C14H13ClN4O4/c15-11-9-10(18(20)21)5-6-12(11)16-7-8-17-13-3-1-2-4-14(13)19(22)23/h1-6,9,16-17H,7-8H2. The first-order chi connectivity index (χ1) is 11.0. The summed E-state index contributed by atoms with van der Waals surface area (Å²) in [7, 11) is 0. The van der Waals surface area contributed by atoms with Gasteiger partial charge in [-0.15, -0.1) is 0 Å². The Balaban J connectivity index is 1.91. The molecule has 0 spiro atoms. The summed E-state index contributed by atoms with van der Waals surface area (Å²) in [6, 6.07) is 10.5. The smallest absolute Gasteiger partial charge is 0.292 e. The van der Waals surface area contributed by atoms with Crippen molar-refractivity contribution in [1.29, 1.82) is 0 Å². The van der Waals surface area contributed by atoms with E-state index in [1.54, 1.807) is 18.2 Å². The minimum atomic E-state index is -0.522. The fraction of sp³-hybridized carbons (Fsp3) is 0.143. The molecule has 9 heteroatoms. The molecule has 2 aromatic carbocycles. The van der Waals surface area contributed by atoms with Crippen LogP contribution in [0.25, 0.3) is 0 Å². The second-order valence-electron chi connectivity index (χ2n) is 4.55. The van der Waals surface area contributed by atoms with E-state index in [2.05, 4.69) is 10.6 Å². The van der Waals surface area contributed by atoms with E-state index in [1.165, 1.54) is 24.3 Å². The normalized spacial score (nSPS) is 10.1. The highest BCUT2D eigenvalue weighted by atomic mass is 35.5. The van der Waals surface area contributed by atoms with E-state index in [4.69, 9.17) is 11.6 Å². The van der Waals surface area contributed by atoms with Gasteiger partial charge in [0.1, 0.15) is 5.69 Å². The van der Waals surface area contributed by atoms with Gasteiger partial charge in [0, 0.05) is 31.3 Å². The van der Waals surface area contributed by atoms with Crippen molar-refractivity contribution in [2.75, 3.05) is 23.7 Å². The molecule has 2 N–H and O–H groups in total. The zero-order valence-electron chi connectivity index (χ0n) is 11.9. The van der Waals surface area contributed by atoms with Crippen molar-refractivity contribution < 1.29 is 9.85 Å². The Morgan fingerprint density at radius 2 is 1.57 bits per heavy atom. The molecule has 8 nitrogen and oxygen atoms in total. The van der Waals surface area contributed by atoms with Gasteiger partial charge in [-0.1, -0.05) is 23.7 Å². The molecule has 0 aliphatic carbocycles. The fourth-order valence-electron chi connectivity index (χ4n) is 1.94. The number of rotatable bonds is 7. The van der Waals surface area contributed by atoms with E-state index in [-0.39, 0.29) is 16.4 Å². The maximum atomic E-state index is 10.9. The predicted octanol–water partition coefficient (Wildman–Crippen LogP) is 3.68. The Morgan fingerprint density at radius 1 is 0.913 bits per heavy atom. The second kappa shape index (κ2) is 7.41. The number of nitro groups is 2. The third-order valence-corrected chi connectivity index (χ3v) is 3.33. The molecule has 23 heavy (non-hydrogen) atoms. The van der Waals surface area contributed by atoms with Gasteiger partial charge < -0.3 is 10.6 Å². The van der Waals surface area contributed by atoms with Gasteiger partial charge >= 0.3 is 0 Å². The van der Waals surface area contributed by atoms with Gasteiger partial charge in [0.25, 0.3) is 11.4 Å². The van der Waals surface area contributed by atoms with Crippen LogP contribution >= 0.6 is 11.6 Å². The molecule has 120 valence electrons. The lowest BCUT2D eigenvalue weighted by Crippen LogP contribution is -2.14. The summed E-state index contributed by atoms with van der Waals surface area (Å²) in [5, 5.41) is 27.7. The number of nitro benzene ring substituents is 2. The number of non-ortho nitro benzene ring substituents is 1. The quantitative estimate of drug-likeness (QED) is 0.453. The van der Waals surface area contributed by atoms with Crippen molar-refractivity contribution in [3.63, 3.8) is 0 Å². The first-order valence-electron chi connectivity index (χ1n) is 6.64. The molecule has 0 heterocycles. The number of halogens is 1. The zero-order valence-corrected chi connectivity index (χ0v) is 12.6. The summed E-state index contributed by atoms with van der Waals surface area (Å²) < 4.78 is 0. The van der Waals surface area contributed by atoms with Gasteiger partial charge in [-0.25, -0.2) is 0 Å². The lowest BCUT2D eigenvalue weighted by Gasteiger charge is -2.10. The third-order valence-electron chi connectivity index (χ3n) is 3.02. The summed E-state index contributed by atoms with van der Waals surface area (Å²) in [4.78, 5) is 20.5. The van der Waals surface area contributed by atoms with E-state index in [0.29, 0.717) is 24.5 Å². The highest BCUT2D eigenvalue weighted by Crippen LogP contribution is 2.26. The highest BCUT2D eigenvalue weighted by Gasteiger charge is 2.12. The molecule has 0 radical (unpaired) electrons. The predicted molar refractivity (Wildman–Crippen MR) is 88.2 cm³/mol. The zero-order chi connectivity index (χ0) is 16.8. The van der Waals surface area contributed by atoms with Gasteiger partial charge in [-0.2, -0.15) is 0 Å². The number of anilines is 2. The number of hydrogen-bond acceptors (Lipinski definition) is 6. The van der Waals surface area contributed by atoms with Crippen molar-refractivity contribution >= 4 is 34.4 Å². The van der Waals surface area contributed by atoms with Crippen LogP contribution in [0.3, 0.4) is 0 Å². The number of benzene rings is 2. The minimum Gasteiger partial charge on any atom is -0.382 e. The molecule has 0 atom stereocenters. The average molecular weight is 337 g/mol. The first kappa shape index (κ1) is 16.5. The molecule has 0 saturated carbocycles. The number of para-hydroxylation sites is 2. The monoisotopic (exact) mass is 336 g/mol. The van der Waals surface area contributed by atoms with Crippen LogP contribution in [0.1, 0.15) is 0 Å². The fourth-order valence-corrected chi connectivity index (χ4v) is 2.18. The maximum absolute atomic E-state index is 10.9. The summed E-state index contributed by atoms with van der Waals surface area (Å²) in [5.74, 6) is 0. The average Bonchev–Trinajstić information content (AvgIpc) is 2.52. The number of nitrogens with one attached hydrogen (secondary N) is 2. The van der Waals surface area contributed by atoms with Crippen LogP contribution in [-0.4, -0.2) is 22.9 Å². The summed E-state index contributed by atoms with van der Waals surface area (Å²) in [5.41, 5.74) is 0.898. The second-order valence-corrected chi connectivity index (χ2v) is 4.96. The van der Waals surface area contributed by atoms with Gasteiger partial charge in [0.15, 0.2) is 0 Å². The molecule has 2 aromatic rings. The van der Waals surface area contributed by atoms with Crippen LogP contribution in [0.2, 0.25) is 5.02 Å². The SMILES string of the molecule is O=[N+]([O-])c1ccc(NCCNc2ccccc2[N+](=O)[O-])c(Cl)c1. The molecular weight excluding hydrogens is 324 g/mol. The van der Waals surface area contributed by atoms with Crippen LogP contribution in [-0.2, 0) is 0 Å². The van der Waals surface area contributed by atoms with Gasteiger partial charge in [-0.3, -0.25) is 20.2 Å². The van der Waals surface area contributed by atoms with Gasteiger partial charge in [-0.05, 0) is 12.1 Å². The number of hydrogen-bond donors (Lipinski definition) is 2. The van der Waals surface area contributed by atoms with Crippen LogP contribution in [0.15, 0.2) is 42.5 Å². The molecule has 0 amide bonds. The largest absolute Gasteiger partial charge is 0.382 e. The van der Waals surface area contributed by atoms with Crippen LogP contribution < -0.4 is 10.6 Å². The maximum Gasteiger partial charge on any atom is 0.292 e. The Kier molecular flexibility index (Phi) is 5.32. The Labute approximate surface area is 136 Å². The summed E-state index contributed by atoms with van der Waals surface area (Å²) >= 11 is 5.96. The Bertz CT molecular complexity index is 738. The van der Waals surface area contributed by atoms with Crippen molar-refractivity contribution in [3.8, 4) is 0 Å². The molecule has 2 rings (SSSR count). The molecular formula is C14H13ClN4O4. The minimum absolute atomic E-state index is 0.000804. The Hall–Kier alpha value is -2.87. The number of nitrogens with zero attached hydrogens (tertiary/aromatic N) is 2. The topological polar surface area (TPSA) is 110 Å². The van der Waals surface area contributed by atoms with Gasteiger partial charge in [0.05, 0.1) is 20.6 Å². The van der Waals surface area contributed by atoms with Crippen molar-refractivity contribution in [3.05, 3.63) is 67.7 Å². The molecule has 0 saturated heterocycles. The van der Waals surface area contributed by atoms with Gasteiger partial charge in [0.2, 0.25) is 0 Å². The molecule has 0 fully saturated rings.